The molecule has 1 amide bonds. The van der Waals surface area contributed by atoms with Crippen LogP contribution in [0.1, 0.15) is 35.2 Å². The smallest absolute Gasteiger partial charge is 0.242 e. The minimum absolute atomic E-state index is 0.0233. The van der Waals surface area contributed by atoms with Crippen LogP contribution in [0.2, 0.25) is 0 Å². The summed E-state index contributed by atoms with van der Waals surface area (Å²) in [5.41, 5.74) is 2.34. The van der Waals surface area contributed by atoms with Gasteiger partial charge in [-0.3, -0.25) is 9.59 Å². The maximum absolute atomic E-state index is 13.2. The van der Waals surface area contributed by atoms with Gasteiger partial charge in [0, 0.05) is 38.2 Å². The molecule has 1 saturated heterocycles. The molecule has 2 aromatic carbocycles. The summed E-state index contributed by atoms with van der Waals surface area (Å²) in [6.45, 7) is 5.75. The Hall–Kier alpha value is -2.70. The highest BCUT2D eigenvalue weighted by Gasteiger charge is 2.38. The summed E-state index contributed by atoms with van der Waals surface area (Å²) in [5, 5.41) is 7.17. The predicted octanol–water partition coefficient (Wildman–Crippen LogP) is 2.61. The van der Waals surface area contributed by atoms with Crippen LogP contribution in [0, 0.1) is 0 Å². The van der Waals surface area contributed by atoms with Crippen molar-refractivity contribution < 1.29 is 14.3 Å². The normalized spacial score (nSPS) is 20.0. The quantitative estimate of drug-likeness (QED) is 0.809. The first-order valence-electron chi connectivity index (χ1n) is 9.83. The maximum Gasteiger partial charge on any atom is 0.242 e. The SMILES string of the molecule is CCOc1ccc(C(=O)C2CC(=O)N(N3CCNCC3)c3ccccc32)cc1. The van der Waals surface area contributed by atoms with Crippen molar-refractivity contribution in [3.63, 3.8) is 0 Å². The number of para-hydroxylation sites is 1. The van der Waals surface area contributed by atoms with E-state index in [9.17, 15) is 9.59 Å². The van der Waals surface area contributed by atoms with Crippen LogP contribution in [0.25, 0.3) is 0 Å². The van der Waals surface area contributed by atoms with Crippen molar-refractivity contribution in [1.29, 1.82) is 0 Å². The molecule has 2 heterocycles. The van der Waals surface area contributed by atoms with E-state index in [1.807, 2.05) is 31.2 Å². The molecule has 2 aliphatic rings. The molecule has 6 heteroatoms. The Labute approximate surface area is 165 Å². The number of hydrogen-bond donors (Lipinski definition) is 1. The predicted molar refractivity (Wildman–Crippen MR) is 108 cm³/mol. The fraction of sp³-hybridized carbons (Fsp3) is 0.364. The van der Waals surface area contributed by atoms with Crippen LogP contribution in [0.5, 0.6) is 5.75 Å². The van der Waals surface area contributed by atoms with E-state index in [2.05, 4.69) is 10.3 Å². The fourth-order valence-electron chi connectivity index (χ4n) is 3.96. The Balaban J connectivity index is 1.64. The molecular formula is C22H25N3O3. The molecule has 1 atom stereocenters. The molecule has 2 aliphatic heterocycles. The van der Waals surface area contributed by atoms with Gasteiger partial charge in [0.15, 0.2) is 5.78 Å². The van der Waals surface area contributed by atoms with Gasteiger partial charge in [-0.1, -0.05) is 18.2 Å². The summed E-state index contributed by atoms with van der Waals surface area (Å²) in [6.07, 6.45) is 0.187. The average molecular weight is 379 g/mol. The van der Waals surface area contributed by atoms with Crippen LogP contribution in [-0.2, 0) is 4.79 Å². The van der Waals surface area contributed by atoms with Gasteiger partial charge in [0.2, 0.25) is 5.91 Å². The van der Waals surface area contributed by atoms with Crippen molar-refractivity contribution in [3.8, 4) is 5.75 Å². The first kappa shape index (κ1) is 18.7. The van der Waals surface area contributed by atoms with Gasteiger partial charge in [-0.25, -0.2) is 10.0 Å². The number of nitrogens with one attached hydrogen (secondary N) is 1. The summed E-state index contributed by atoms with van der Waals surface area (Å²) < 4.78 is 5.46. The number of hydrogen-bond acceptors (Lipinski definition) is 5. The van der Waals surface area contributed by atoms with Crippen LogP contribution < -0.4 is 15.1 Å². The van der Waals surface area contributed by atoms with Crippen molar-refractivity contribution in [3.05, 3.63) is 59.7 Å². The van der Waals surface area contributed by atoms with Gasteiger partial charge in [-0.2, -0.15) is 0 Å². The van der Waals surface area contributed by atoms with Gasteiger partial charge in [-0.15, -0.1) is 0 Å². The first-order chi connectivity index (χ1) is 13.7. The number of carbonyl (C=O) groups excluding carboxylic acids is 2. The number of amides is 1. The number of nitrogens with zero attached hydrogens (tertiary/aromatic N) is 2. The van der Waals surface area contributed by atoms with Gasteiger partial charge in [0.05, 0.1) is 18.2 Å². The summed E-state index contributed by atoms with van der Waals surface area (Å²) >= 11 is 0. The van der Waals surface area contributed by atoms with Crippen molar-refractivity contribution in [2.45, 2.75) is 19.3 Å². The van der Waals surface area contributed by atoms with Crippen LogP contribution in [0.4, 0.5) is 5.69 Å². The minimum Gasteiger partial charge on any atom is -0.494 e. The minimum atomic E-state index is -0.458. The van der Waals surface area contributed by atoms with Crippen molar-refractivity contribution in [2.24, 2.45) is 0 Å². The molecule has 0 spiro atoms. The number of carbonyl (C=O) groups is 2. The highest BCUT2D eigenvalue weighted by atomic mass is 16.5. The third-order valence-electron chi connectivity index (χ3n) is 5.30. The lowest BCUT2D eigenvalue weighted by Crippen LogP contribution is -2.56. The molecule has 2 aromatic rings. The Morgan fingerprint density at radius 3 is 2.54 bits per heavy atom. The highest BCUT2D eigenvalue weighted by molar-refractivity contribution is 6.08. The third kappa shape index (κ3) is 3.53. The largest absolute Gasteiger partial charge is 0.494 e. The molecule has 146 valence electrons. The van der Waals surface area contributed by atoms with Crippen molar-refractivity contribution in [2.75, 3.05) is 37.8 Å². The molecule has 4 rings (SSSR count). The van der Waals surface area contributed by atoms with Crippen LogP contribution in [0.15, 0.2) is 48.5 Å². The molecular weight excluding hydrogens is 354 g/mol. The number of hydrazine groups is 1. The maximum atomic E-state index is 13.2. The molecule has 1 unspecified atom stereocenters. The summed E-state index contributed by atoms with van der Waals surface area (Å²) in [6, 6.07) is 14.9. The van der Waals surface area contributed by atoms with E-state index >= 15 is 0 Å². The lowest BCUT2D eigenvalue weighted by molar-refractivity contribution is -0.122. The number of Topliss-reactive ketones (excluding diaryl/α,β-unsaturated/α-hetero) is 1. The van der Waals surface area contributed by atoms with E-state index in [0.29, 0.717) is 12.2 Å². The Bertz CT molecular complexity index is 860. The van der Waals surface area contributed by atoms with Crippen molar-refractivity contribution in [1.82, 2.24) is 10.3 Å². The van der Waals surface area contributed by atoms with Gasteiger partial charge in [0.25, 0.3) is 0 Å². The molecule has 0 aliphatic carbocycles. The summed E-state index contributed by atoms with van der Waals surface area (Å²) in [4.78, 5) is 26.3. The molecule has 6 nitrogen and oxygen atoms in total. The number of ketones is 1. The molecule has 0 bridgehead atoms. The molecule has 0 saturated carbocycles. The Morgan fingerprint density at radius 2 is 1.82 bits per heavy atom. The number of fused-ring (bicyclic) bond motifs is 1. The topological polar surface area (TPSA) is 61.9 Å². The zero-order chi connectivity index (χ0) is 19.5. The van der Waals surface area contributed by atoms with E-state index in [1.54, 1.807) is 29.3 Å². The van der Waals surface area contributed by atoms with Crippen molar-refractivity contribution >= 4 is 17.4 Å². The number of ether oxygens (including phenoxy) is 1. The third-order valence-corrected chi connectivity index (χ3v) is 5.30. The fourth-order valence-corrected chi connectivity index (χ4v) is 3.96. The standard InChI is InChI=1S/C22H25N3O3/c1-2-28-17-9-7-16(8-10-17)22(27)19-15-21(26)25(24-13-11-23-12-14-24)20-6-4-3-5-18(19)20/h3-10,19,23H,2,11-15H2,1H3. The van der Waals surface area contributed by atoms with Crippen LogP contribution in [-0.4, -0.2) is 49.5 Å². The zero-order valence-electron chi connectivity index (χ0n) is 16.1. The molecule has 0 aromatic heterocycles. The summed E-state index contributed by atoms with van der Waals surface area (Å²) in [7, 11) is 0. The highest BCUT2D eigenvalue weighted by Crippen LogP contribution is 2.38. The molecule has 28 heavy (non-hydrogen) atoms. The Morgan fingerprint density at radius 1 is 1.11 bits per heavy atom. The second-order valence-electron chi connectivity index (χ2n) is 7.05. The van der Waals surface area contributed by atoms with E-state index in [-0.39, 0.29) is 18.1 Å². The van der Waals surface area contributed by atoms with Gasteiger partial charge >= 0.3 is 0 Å². The van der Waals surface area contributed by atoms with E-state index in [1.165, 1.54) is 0 Å². The van der Waals surface area contributed by atoms with Crippen LogP contribution in [0.3, 0.4) is 0 Å². The molecule has 1 N–H and O–H groups in total. The monoisotopic (exact) mass is 379 g/mol. The van der Waals surface area contributed by atoms with E-state index < -0.39 is 5.92 Å². The average Bonchev–Trinajstić information content (AvgIpc) is 2.74. The van der Waals surface area contributed by atoms with Gasteiger partial charge in [0.1, 0.15) is 5.75 Å². The van der Waals surface area contributed by atoms with Gasteiger partial charge in [-0.05, 0) is 42.8 Å². The lowest BCUT2D eigenvalue weighted by atomic mass is 9.84. The first-order valence-corrected chi connectivity index (χ1v) is 9.83. The summed E-state index contributed by atoms with van der Waals surface area (Å²) in [5.74, 6) is 0.235. The van der Waals surface area contributed by atoms with Gasteiger partial charge < -0.3 is 10.1 Å². The number of piperazine rings is 1. The molecule has 0 radical (unpaired) electrons. The lowest BCUT2D eigenvalue weighted by Gasteiger charge is -2.42. The number of benzene rings is 2. The van der Waals surface area contributed by atoms with Crippen LogP contribution >= 0.6 is 0 Å². The second kappa shape index (κ2) is 8.12. The van der Waals surface area contributed by atoms with E-state index in [4.69, 9.17) is 4.74 Å². The molecule has 1 fully saturated rings. The Kier molecular flexibility index (Phi) is 5.41. The number of anilines is 1. The van der Waals surface area contributed by atoms with E-state index in [0.717, 1.165) is 43.2 Å². The zero-order valence-corrected chi connectivity index (χ0v) is 16.1. The number of rotatable bonds is 5. The second-order valence-corrected chi connectivity index (χ2v) is 7.05.